The number of hydrogen-bond acceptors (Lipinski definition) is 5. The van der Waals surface area contributed by atoms with E-state index in [9.17, 15) is 10.5 Å². The summed E-state index contributed by atoms with van der Waals surface area (Å²) in [7, 11) is 1.61. The Balaban J connectivity index is 1.76. The number of fused-ring (bicyclic) bond motifs is 1. The summed E-state index contributed by atoms with van der Waals surface area (Å²) in [5.74, 6) is 1.37. The monoisotopic (exact) mass is 504 g/mol. The molecular weight excluding hydrogens is 488 g/mol. The summed E-state index contributed by atoms with van der Waals surface area (Å²) in [6.45, 7) is 0.575. The first-order valence-corrected chi connectivity index (χ1v) is 11.2. The number of para-hydroxylation sites is 2. The Morgan fingerprint density at radius 2 is 2.03 bits per heavy atom. The highest BCUT2D eigenvalue weighted by Crippen LogP contribution is 2.42. The van der Waals surface area contributed by atoms with E-state index in [1.807, 2.05) is 48.5 Å². The van der Waals surface area contributed by atoms with Crippen LogP contribution in [0.5, 0.6) is 11.5 Å². The maximum Gasteiger partial charge on any atom is 0.176 e. The molecule has 1 aliphatic rings. The number of quaternary nitrogens is 1. The van der Waals surface area contributed by atoms with Crippen molar-refractivity contribution in [1.29, 1.82) is 5.26 Å². The van der Waals surface area contributed by atoms with Gasteiger partial charge in [0.05, 0.1) is 26.4 Å². The lowest BCUT2D eigenvalue weighted by atomic mass is 10.1. The van der Waals surface area contributed by atoms with Gasteiger partial charge in [-0.25, -0.2) is 0 Å². The molecule has 1 aromatic heterocycles. The number of nitriles is 1. The fourth-order valence-electron chi connectivity index (χ4n) is 3.72. The van der Waals surface area contributed by atoms with Crippen molar-refractivity contribution in [2.24, 2.45) is 0 Å². The molecule has 2 heterocycles. The highest BCUT2D eigenvalue weighted by molar-refractivity contribution is 9.11. The zero-order chi connectivity index (χ0) is 21.3. The Kier molecular flexibility index (Phi) is 6.05. The summed E-state index contributed by atoms with van der Waals surface area (Å²) in [5, 5.41) is 23.8. The predicted octanol–water partition coefficient (Wildman–Crippen LogP) is 6.19. The maximum absolute atomic E-state index is 14.1. The van der Waals surface area contributed by atoms with Crippen LogP contribution in [0, 0.1) is 16.5 Å². The van der Waals surface area contributed by atoms with Crippen molar-refractivity contribution in [3.8, 4) is 17.6 Å². The Hall–Kier alpha value is -2.08. The van der Waals surface area contributed by atoms with E-state index >= 15 is 0 Å². The molecule has 2 atom stereocenters. The lowest BCUT2D eigenvalue weighted by Gasteiger charge is -2.42. The first-order chi connectivity index (χ1) is 14.4. The van der Waals surface area contributed by atoms with E-state index in [0.717, 1.165) is 11.1 Å². The summed E-state index contributed by atoms with van der Waals surface area (Å²) in [6, 6.07) is 17.3. The molecule has 30 heavy (non-hydrogen) atoms. The molecule has 2 unspecified atom stereocenters. The van der Waals surface area contributed by atoms with Crippen LogP contribution in [-0.2, 0) is 13.1 Å². The van der Waals surface area contributed by atoms with Gasteiger partial charge in [-0.05, 0) is 34.1 Å². The fourth-order valence-corrected chi connectivity index (χ4v) is 6.03. The number of nitrogens with zero attached hydrogens (tertiary/aromatic N) is 2. The molecule has 0 aliphatic carbocycles. The van der Waals surface area contributed by atoms with Gasteiger partial charge in [0.2, 0.25) is 0 Å². The van der Waals surface area contributed by atoms with Crippen LogP contribution in [-0.4, -0.2) is 18.3 Å². The van der Waals surface area contributed by atoms with Crippen LogP contribution < -0.4 is 9.47 Å². The number of methoxy groups -OCH3 is 1. The van der Waals surface area contributed by atoms with Gasteiger partial charge in [-0.15, -0.1) is 11.3 Å². The van der Waals surface area contributed by atoms with E-state index in [4.69, 9.17) is 21.1 Å². The van der Waals surface area contributed by atoms with E-state index in [2.05, 4.69) is 22.0 Å². The largest absolute Gasteiger partial charge is 0.632 e. The van der Waals surface area contributed by atoms with Crippen molar-refractivity contribution in [1.82, 2.24) is 0 Å². The second-order valence-corrected chi connectivity index (χ2v) is 9.91. The summed E-state index contributed by atoms with van der Waals surface area (Å²) < 4.78 is 11.9. The van der Waals surface area contributed by atoms with Crippen molar-refractivity contribution in [2.45, 2.75) is 19.2 Å². The topological polar surface area (TPSA) is 65.3 Å². The molecule has 0 spiro atoms. The zero-order valence-electron chi connectivity index (χ0n) is 16.1. The van der Waals surface area contributed by atoms with Crippen molar-refractivity contribution in [3.63, 3.8) is 0 Å². The van der Waals surface area contributed by atoms with E-state index in [0.29, 0.717) is 30.7 Å². The molecule has 154 valence electrons. The van der Waals surface area contributed by atoms with Crippen molar-refractivity contribution < 1.29 is 14.1 Å². The van der Waals surface area contributed by atoms with Gasteiger partial charge in [0.1, 0.15) is 37.2 Å². The van der Waals surface area contributed by atoms with E-state index in [1.165, 1.54) is 11.3 Å². The molecule has 0 bridgehead atoms. The maximum atomic E-state index is 14.1. The van der Waals surface area contributed by atoms with E-state index in [-0.39, 0.29) is 19.6 Å². The van der Waals surface area contributed by atoms with Crippen LogP contribution in [0.25, 0.3) is 0 Å². The van der Waals surface area contributed by atoms with Crippen molar-refractivity contribution in [2.75, 3.05) is 13.7 Å². The van der Waals surface area contributed by atoms with Crippen LogP contribution in [0.3, 0.4) is 0 Å². The number of benzene rings is 2. The molecule has 8 heteroatoms. The minimum atomic E-state index is -0.558. The first-order valence-electron chi connectivity index (χ1n) is 9.25. The minimum Gasteiger partial charge on any atom is -0.632 e. The van der Waals surface area contributed by atoms with Crippen LogP contribution >= 0.6 is 38.9 Å². The first kappa shape index (κ1) is 21.2. The smallest absolute Gasteiger partial charge is 0.176 e. The second-order valence-electron chi connectivity index (χ2n) is 7.11. The lowest BCUT2D eigenvalue weighted by Crippen LogP contribution is -2.43. The van der Waals surface area contributed by atoms with Gasteiger partial charge in [0.25, 0.3) is 0 Å². The van der Waals surface area contributed by atoms with Crippen LogP contribution in [0.4, 0.5) is 0 Å². The molecule has 0 saturated carbocycles. The number of thiophene rings is 1. The Morgan fingerprint density at radius 3 is 2.77 bits per heavy atom. The van der Waals surface area contributed by atoms with Crippen molar-refractivity contribution in [3.05, 3.63) is 84.1 Å². The van der Waals surface area contributed by atoms with Crippen molar-refractivity contribution >= 4 is 38.9 Å². The quantitative estimate of drug-likeness (QED) is 0.313. The lowest BCUT2D eigenvalue weighted by molar-refractivity contribution is -0.908. The summed E-state index contributed by atoms with van der Waals surface area (Å²) in [6.07, 6.45) is -0.486. The highest BCUT2D eigenvalue weighted by atomic mass is 79.9. The third kappa shape index (κ3) is 4.07. The van der Waals surface area contributed by atoms with Gasteiger partial charge in [-0.3, -0.25) is 0 Å². The summed E-state index contributed by atoms with van der Waals surface area (Å²) in [5.41, 5.74) is 2.04. The SMILES string of the molecule is COc1ccccc1C1C[N+]([O-])(Cc2sc(Br)c(C#N)c2Cl)Cc2ccccc2O1. The average Bonchev–Trinajstić information content (AvgIpc) is 2.91. The average molecular weight is 506 g/mol. The van der Waals surface area contributed by atoms with E-state index < -0.39 is 10.8 Å². The predicted molar refractivity (Wildman–Crippen MR) is 120 cm³/mol. The summed E-state index contributed by atoms with van der Waals surface area (Å²) >= 11 is 11.1. The van der Waals surface area contributed by atoms with Crippen LogP contribution in [0.2, 0.25) is 5.02 Å². The third-order valence-corrected chi connectivity index (χ3v) is 7.48. The molecule has 3 aromatic rings. The van der Waals surface area contributed by atoms with Crippen LogP contribution in [0.1, 0.15) is 27.7 Å². The highest BCUT2D eigenvalue weighted by Gasteiger charge is 2.34. The second kappa shape index (κ2) is 8.58. The Morgan fingerprint density at radius 1 is 1.30 bits per heavy atom. The number of halogens is 2. The number of hydrogen-bond donors (Lipinski definition) is 0. The molecule has 1 aliphatic heterocycles. The van der Waals surface area contributed by atoms with Gasteiger partial charge in [-0.1, -0.05) is 41.9 Å². The molecule has 4 rings (SSSR count). The van der Waals surface area contributed by atoms with Gasteiger partial charge in [-0.2, -0.15) is 5.26 Å². The fraction of sp³-hybridized carbons (Fsp3) is 0.227. The number of rotatable bonds is 4. The Bertz CT molecular complexity index is 1130. The van der Waals surface area contributed by atoms with Gasteiger partial charge in [0.15, 0.2) is 6.10 Å². The zero-order valence-corrected chi connectivity index (χ0v) is 19.3. The summed E-state index contributed by atoms with van der Waals surface area (Å²) in [4.78, 5) is 0.688. The minimum absolute atomic E-state index is 0.146. The number of ether oxygens (including phenoxy) is 2. The standard InChI is InChI=1S/C22H18BrClN2O3S/c1-28-18-9-5-3-7-15(18)19-12-26(27,11-14-6-2-4-8-17(14)29-19)13-20-21(24)16(10-25)22(23)30-20/h2-9,19H,11-13H2,1H3. The third-order valence-electron chi connectivity index (χ3n) is 5.10. The van der Waals surface area contributed by atoms with Gasteiger partial charge < -0.3 is 19.3 Å². The normalized spacial score (nSPS) is 20.6. The molecule has 0 radical (unpaired) electrons. The molecule has 2 aromatic carbocycles. The molecule has 0 fully saturated rings. The van der Waals surface area contributed by atoms with E-state index in [1.54, 1.807) is 7.11 Å². The molecule has 0 saturated heterocycles. The Labute approximate surface area is 192 Å². The molecule has 0 N–H and O–H groups in total. The molecule has 0 amide bonds. The molecular formula is C22H18BrClN2O3S. The van der Waals surface area contributed by atoms with Gasteiger partial charge in [0, 0.05) is 11.1 Å². The number of hydroxylamine groups is 3. The van der Waals surface area contributed by atoms with Gasteiger partial charge >= 0.3 is 0 Å². The van der Waals surface area contributed by atoms with Crippen LogP contribution in [0.15, 0.2) is 52.3 Å². The molecule has 5 nitrogen and oxygen atoms in total.